The smallest absolute Gasteiger partial charge is 0.306 e. The first-order chi connectivity index (χ1) is 9.25. The fourth-order valence-electron chi connectivity index (χ4n) is 3.04. The van der Waals surface area contributed by atoms with Crippen molar-refractivity contribution in [3.63, 3.8) is 0 Å². The Morgan fingerprint density at radius 1 is 1.16 bits per heavy atom. The molecule has 0 aliphatic carbocycles. The molecule has 1 aromatic heterocycles. The Kier molecular flexibility index (Phi) is 3.42. The lowest BCUT2D eigenvalue weighted by Gasteiger charge is -2.26. The number of hydrogen-bond donors (Lipinski definition) is 1. The molecule has 1 aliphatic heterocycles. The van der Waals surface area contributed by atoms with Crippen molar-refractivity contribution >= 4 is 11.0 Å². The van der Waals surface area contributed by atoms with Crippen molar-refractivity contribution < 1.29 is 0 Å². The van der Waals surface area contributed by atoms with Crippen LogP contribution in [0.5, 0.6) is 0 Å². The highest BCUT2D eigenvalue weighted by Crippen LogP contribution is 2.15. The van der Waals surface area contributed by atoms with Crippen LogP contribution in [0, 0.1) is 6.92 Å². The molecule has 0 atom stereocenters. The quantitative estimate of drug-likeness (QED) is 0.917. The lowest BCUT2D eigenvalue weighted by atomic mass is 10.1. The molecule has 0 radical (unpaired) electrons. The molecule has 4 heteroatoms. The van der Waals surface area contributed by atoms with E-state index in [0.717, 1.165) is 29.7 Å². The summed E-state index contributed by atoms with van der Waals surface area (Å²) in [7, 11) is 0. The molecular weight excluding hydrogens is 238 g/mol. The van der Waals surface area contributed by atoms with Crippen molar-refractivity contribution in [3.05, 3.63) is 34.2 Å². The number of imidazole rings is 1. The van der Waals surface area contributed by atoms with Crippen LogP contribution in [-0.4, -0.2) is 34.1 Å². The van der Waals surface area contributed by atoms with E-state index in [1.54, 1.807) is 0 Å². The summed E-state index contributed by atoms with van der Waals surface area (Å²) >= 11 is 0. The van der Waals surface area contributed by atoms with Crippen LogP contribution < -0.4 is 5.69 Å². The van der Waals surface area contributed by atoms with Gasteiger partial charge in [-0.2, -0.15) is 0 Å². The number of hydrogen-bond acceptors (Lipinski definition) is 2. The fourth-order valence-corrected chi connectivity index (χ4v) is 3.04. The molecule has 0 saturated carbocycles. The number of aryl methyl sites for hydroxylation is 1. The maximum absolute atomic E-state index is 12.1. The van der Waals surface area contributed by atoms with Crippen LogP contribution in [0.25, 0.3) is 11.0 Å². The third kappa shape index (κ3) is 2.45. The standard InChI is InChI=1S/C15H21N3O/c1-12-6-5-7-13-14(12)18(15(19)16-13)11-10-17-8-3-2-4-9-17/h5-7H,2-4,8-11H2,1H3,(H,16,19). The molecule has 19 heavy (non-hydrogen) atoms. The van der Waals surface area contributed by atoms with E-state index in [4.69, 9.17) is 0 Å². The number of H-pyrrole nitrogens is 1. The SMILES string of the molecule is Cc1cccc2[nH]c(=O)n(CCN3CCCCC3)c12. The minimum absolute atomic E-state index is 0.0151. The zero-order valence-electron chi connectivity index (χ0n) is 11.5. The summed E-state index contributed by atoms with van der Waals surface area (Å²) in [6.45, 7) is 6.17. The third-order valence-electron chi connectivity index (χ3n) is 4.08. The second-order valence-corrected chi connectivity index (χ2v) is 5.46. The highest BCUT2D eigenvalue weighted by molar-refractivity contribution is 5.78. The van der Waals surface area contributed by atoms with Crippen LogP contribution in [-0.2, 0) is 6.54 Å². The first kappa shape index (κ1) is 12.5. The molecule has 1 aromatic carbocycles. The van der Waals surface area contributed by atoms with E-state index in [0.29, 0.717) is 0 Å². The number of nitrogens with zero attached hydrogens (tertiary/aromatic N) is 2. The van der Waals surface area contributed by atoms with E-state index in [1.807, 2.05) is 16.7 Å². The van der Waals surface area contributed by atoms with Gasteiger partial charge in [-0.15, -0.1) is 0 Å². The largest absolute Gasteiger partial charge is 0.326 e. The number of piperidine rings is 1. The molecule has 1 aliphatic rings. The highest BCUT2D eigenvalue weighted by atomic mass is 16.1. The average molecular weight is 259 g/mol. The van der Waals surface area contributed by atoms with Gasteiger partial charge >= 0.3 is 5.69 Å². The molecule has 0 spiro atoms. The van der Waals surface area contributed by atoms with Gasteiger partial charge in [0, 0.05) is 13.1 Å². The van der Waals surface area contributed by atoms with Gasteiger partial charge in [0.05, 0.1) is 11.0 Å². The molecule has 102 valence electrons. The molecule has 2 heterocycles. The molecule has 0 bridgehead atoms. The van der Waals surface area contributed by atoms with Crippen LogP contribution in [0.3, 0.4) is 0 Å². The zero-order valence-corrected chi connectivity index (χ0v) is 11.5. The molecule has 1 fully saturated rings. The number of aromatic nitrogens is 2. The van der Waals surface area contributed by atoms with Crippen molar-refractivity contribution in [1.82, 2.24) is 14.5 Å². The van der Waals surface area contributed by atoms with E-state index >= 15 is 0 Å². The Morgan fingerprint density at radius 3 is 2.74 bits per heavy atom. The van der Waals surface area contributed by atoms with Crippen LogP contribution in [0.15, 0.2) is 23.0 Å². The number of aromatic amines is 1. The lowest BCUT2D eigenvalue weighted by Crippen LogP contribution is -2.34. The number of benzene rings is 1. The van der Waals surface area contributed by atoms with Crippen molar-refractivity contribution in [3.8, 4) is 0 Å². The second kappa shape index (κ2) is 5.21. The third-order valence-corrected chi connectivity index (χ3v) is 4.08. The van der Waals surface area contributed by atoms with Gasteiger partial charge in [-0.25, -0.2) is 4.79 Å². The van der Waals surface area contributed by atoms with Gasteiger partial charge in [-0.05, 0) is 44.5 Å². The monoisotopic (exact) mass is 259 g/mol. The van der Waals surface area contributed by atoms with Crippen LogP contribution in [0.2, 0.25) is 0 Å². The number of fused-ring (bicyclic) bond motifs is 1. The predicted molar refractivity (Wildman–Crippen MR) is 77.6 cm³/mol. The summed E-state index contributed by atoms with van der Waals surface area (Å²) < 4.78 is 1.89. The maximum Gasteiger partial charge on any atom is 0.326 e. The molecule has 3 rings (SSSR count). The average Bonchev–Trinajstić information content (AvgIpc) is 2.75. The Labute approximate surface area is 113 Å². The van der Waals surface area contributed by atoms with Crippen molar-refractivity contribution in [2.45, 2.75) is 32.7 Å². The second-order valence-electron chi connectivity index (χ2n) is 5.46. The van der Waals surface area contributed by atoms with Gasteiger partial charge in [-0.1, -0.05) is 18.6 Å². The first-order valence-electron chi connectivity index (χ1n) is 7.16. The van der Waals surface area contributed by atoms with Gasteiger partial charge in [0.15, 0.2) is 0 Å². The summed E-state index contributed by atoms with van der Waals surface area (Å²) in [4.78, 5) is 17.5. The minimum atomic E-state index is 0.0151. The van der Waals surface area contributed by atoms with Gasteiger partial charge in [0.25, 0.3) is 0 Å². The van der Waals surface area contributed by atoms with E-state index < -0.39 is 0 Å². The molecule has 2 aromatic rings. The highest BCUT2D eigenvalue weighted by Gasteiger charge is 2.12. The molecule has 0 amide bonds. The Hall–Kier alpha value is -1.55. The van der Waals surface area contributed by atoms with E-state index in [9.17, 15) is 4.79 Å². The summed E-state index contributed by atoms with van der Waals surface area (Å²) in [6, 6.07) is 6.02. The van der Waals surface area contributed by atoms with Crippen molar-refractivity contribution in [1.29, 1.82) is 0 Å². The first-order valence-corrected chi connectivity index (χ1v) is 7.16. The van der Waals surface area contributed by atoms with Gasteiger partial charge in [-0.3, -0.25) is 4.57 Å². The topological polar surface area (TPSA) is 41.0 Å². The molecule has 4 nitrogen and oxygen atoms in total. The van der Waals surface area contributed by atoms with Crippen LogP contribution in [0.4, 0.5) is 0 Å². The number of rotatable bonds is 3. The Bertz CT molecular complexity index is 620. The summed E-state index contributed by atoms with van der Waals surface area (Å²) in [5.74, 6) is 0. The van der Waals surface area contributed by atoms with E-state index in [2.05, 4.69) is 22.9 Å². The predicted octanol–water partition coefficient (Wildman–Crippen LogP) is 2.12. The van der Waals surface area contributed by atoms with E-state index in [1.165, 1.54) is 32.4 Å². The van der Waals surface area contributed by atoms with Crippen LogP contribution >= 0.6 is 0 Å². The Morgan fingerprint density at radius 2 is 1.95 bits per heavy atom. The molecule has 1 N–H and O–H groups in total. The normalized spacial score (nSPS) is 17.1. The molecule has 1 saturated heterocycles. The summed E-state index contributed by atoms with van der Waals surface area (Å²) in [5, 5.41) is 0. The number of nitrogens with one attached hydrogen (secondary N) is 1. The number of likely N-dealkylation sites (tertiary alicyclic amines) is 1. The lowest BCUT2D eigenvalue weighted by molar-refractivity contribution is 0.221. The van der Waals surface area contributed by atoms with Crippen molar-refractivity contribution in [2.24, 2.45) is 0 Å². The van der Waals surface area contributed by atoms with Crippen molar-refractivity contribution in [2.75, 3.05) is 19.6 Å². The Balaban J connectivity index is 1.84. The van der Waals surface area contributed by atoms with Crippen LogP contribution in [0.1, 0.15) is 24.8 Å². The molecular formula is C15H21N3O. The van der Waals surface area contributed by atoms with Gasteiger partial charge in [0.2, 0.25) is 0 Å². The minimum Gasteiger partial charge on any atom is -0.306 e. The van der Waals surface area contributed by atoms with Gasteiger partial charge < -0.3 is 9.88 Å². The summed E-state index contributed by atoms with van der Waals surface area (Å²) in [5.41, 5.74) is 3.18. The molecule has 0 unspecified atom stereocenters. The maximum atomic E-state index is 12.1. The van der Waals surface area contributed by atoms with Gasteiger partial charge in [0.1, 0.15) is 0 Å². The number of para-hydroxylation sites is 1. The van der Waals surface area contributed by atoms with E-state index in [-0.39, 0.29) is 5.69 Å². The summed E-state index contributed by atoms with van der Waals surface area (Å²) in [6.07, 6.45) is 3.94. The zero-order chi connectivity index (χ0) is 13.2. The fraction of sp³-hybridized carbons (Fsp3) is 0.533.